The molecule has 10 heteroatoms. The zero-order valence-corrected chi connectivity index (χ0v) is 23.7. The average molecular weight is 545 g/mol. The van der Waals surface area contributed by atoms with E-state index in [1.165, 1.54) is 17.1 Å². The summed E-state index contributed by atoms with van der Waals surface area (Å²) in [5.74, 6) is -0.193. The second kappa shape index (κ2) is 13.7. The molecule has 0 unspecified atom stereocenters. The molecule has 1 aromatic carbocycles. The molecule has 2 N–H and O–H groups in total. The summed E-state index contributed by atoms with van der Waals surface area (Å²) in [5, 5.41) is 12.3. The molecule has 0 saturated carbocycles. The zero-order chi connectivity index (χ0) is 27.8. The Bertz CT molecular complexity index is 1200. The van der Waals surface area contributed by atoms with Crippen LogP contribution in [0.5, 0.6) is 5.75 Å². The van der Waals surface area contributed by atoms with Crippen molar-refractivity contribution in [2.75, 3.05) is 40.0 Å². The summed E-state index contributed by atoms with van der Waals surface area (Å²) in [6.45, 7) is 4.49. The number of aromatic hydroxyl groups is 1. The van der Waals surface area contributed by atoms with E-state index in [2.05, 4.69) is 9.88 Å². The maximum Gasteiger partial charge on any atom is 0.253 e. The first kappa shape index (κ1) is 29.6. The van der Waals surface area contributed by atoms with E-state index in [4.69, 9.17) is 0 Å². The molecule has 9 nitrogen and oxygen atoms in total. The molecule has 2 heterocycles. The Balaban J connectivity index is 1.38. The number of aryl methyl sites for hydroxylation is 1. The lowest BCUT2D eigenvalue weighted by Crippen LogP contribution is -2.31. The number of aromatic amines is 1. The van der Waals surface area contributed by atoms with Crippen LogP contribution in [0.2, 0.25) is 0 Å². The maximum absolute atomic E-state index is 12.4. The quantitative estimate of drug-likeness (QED) is 0.263. The fourth-order valence-electron chi connectivity index (χ4n) is 4.87. The summed E-state index contributed by atoms with van der Waals surface area (Å²) in [7, 11) is 2.70. The molecule has 0 bridgehead atoms. The molecule has 0 aliphatic carbocycles. The van der Waals surface area contributed by atoms with E-state index in [1.54, 1.807) is 17.2 Å². The number of phenols is 1. The van der Waals surface area contributed by atoms with Crippen LogP contribution in [0.1, 0.15) is 56.6 Å². The van der Waals surface area contributed by atoms with Crippen molar-refractivity contribution in [2.45, 2.75) is 63.4 Å². The Labute approximate surface area is 227 Å². The summed E-state index contributed by atoms with van der Waals surface area (Å²) in [4.78, 5) is 44.0. The Hall–Kier alpha value is -2.98. The highest BCUT2D eigenvalue weighted by Crippen LogP contribution is 2.33. The molecule has 208 valence electrons. The van der Waals surface area contributed by atoms with Crippen LogP contribution in [-0.2, 0) is 38.1 Å². The summed E-state index contributed by atoms with van der Waals surface area (Å²) < 4.78 is 12.2. The summed E-state index contributed by atoms with van der Waals surface area (Å²) in [6, 6.07) is 3.60. The van der Waals surface area contributed by atoms with Gasteiger partial charge in [0.15, 0.2) is 0 Å². The van der Waals surface area contributed by atoms with Crippen LogP contribution in [0.4, 0.5) is 0 Å². The highest BCUT2D eigenvalue weighted by Gasteiger charge is 2.22. The average Bonchev–Trinajstić information content (AvgIpc) is 3.42. The Kier molecular flexibility index (Phi) is 10.7. The lowest BCUT2D eigenvalue weighted by Gasteiger charge is -2.20. The molecule has 0 spiro atoms. The predicted octanol–water partition coefficient (Wildman–Crippen LogP) is 3.33. The topological polar surface area (TPSA) is 114 Å². The number of imide groups is 1. The van der Waals surface area contributed by atoms with Gasteiger partial charge >= 0.3 is 0 Å². The summed E-state index contributed by atoms with van der Waals surface area (Å²) in [6.07, 6.45) is 9.47. The van der Waals surface area contributed by atoms with Crippen LogP contribution < -0.4 is 0 Å². The van der Waals surface area contributed by atoms with Gasteiger partial charge in [-0.3, -0.25) is 23.5 Å². The SMILES string of the molecule is CCc1c([S@@](C)=O)[nH]c2c(CN(C)CCCCN(C)C(=O)CCCCCN3C(=O)C=CC3=O)c(O)ccc12. The molecule has 2 aromatic rings. The van der Waals surface area contributed by atoms with Gasteiger partial charge in [0.1, 0.15) is 10.8 Å². The van der Waals surface area contributed by atoms with Crippen molar-refractivity contribution in [2.24, 2.45) is 0 Å². The number of aromatic nitrogens is 1. The number of carbonyl (C=O) groups is 3. The van der Waals surface area contributed by atoms with Crippen LogP contribution in [0, 0.1) is 0 Å². The van der Waals surface area contributed by atoms with E-state index < -0.39 is 10.8 Å². The van der Waals surface area contributed by atoms with E-state index in [0.717, 1.165) is 65.7 Å². The number of hydrogen-bond donors (Lipinski definition) is 2. The minimum atomic E-state index is -1.13. The van der Waals surface area contributed by atoms with Gasteiger partial charge in [-0.15, -0.1) is 0 Å². The van der Waals surface area contributed by atoms with Crippen LogP contribution in [0.15, 0.2) is 29.3 Å². The van der Waals surface area contributed by atoms with Crippen molar-refractivity contribution in [3.05, 3.63) is 35.4 Å². The van der Waals surface area contributed by atoms with Gasteiger partial charge in [0.05, 0.1) is 16.3 Å². The number of unbranched alkanes of at least 4 members (excludes halogenated alkanes) is 3. The Morgan fingerprint density at radius 3 is 2.34 bits per heavy atom. The third-order valence-electron chi connectivity index (χ3n) is 7.08. The molecule has 0 saturated heterocycles. The standard InChI is InChI=1S/C28H40N4O5S/c1-5-20-21-12-13-23(33)22(27(21)29-28(20)38(4)37)19-30(2)16-9-10-17-31(3)24(34)11-7-6-8-18-32-25(35)14-15-26(32)36/h12-15,29,33H,5-11,16-19H2,1-4H3/t38-/m1/s1. The molecular formula is C28H40N4O5S. The first-order chi connectivity index (χ1) is 18.1. The van der Waals surface area contributed by atoms with E-state index in [1.807, 2.05) is 27.1 Å². The van der Waals surface area contributed by atoms with Gasteiger partial charge in [-0.25, -0.2) is 0 Å². The van der Waals surface area contributed by atoms with Crippen LogP contribution in [-0.4, -0.2) is 86.7 Å². The number of nitrogens with one attached hydrogen (secondary N) is 1. The van der Waals surface area contributed by atoms with Gasteiger partial charge in [-0.1, -0.05) is 13.3 Å². The van der Waals surface area contributed by atoms with Crippen molar-refractivity contribution >= 4 is 39.4 Å². The molecule has 1 atom stereocenters. The summed E-state index contributed by atoms with van der Waals surface area (Å²) >= 11 is 0. The monoisotopic (exact) mass is 544 g/mol. The summed E-state index contributed by atoms with van der Waals surface area (Å²) in [5.41, 5.74) is 2.68. The van der Waals surface area contributed by atoms with Crippen molar-refractivity contribution in [3.63, 3.8) is 0 Å². The number of rotatable bonds is 15. The fourth-order valence-corrected chi connectivity index (χ4v) is 5.72. The largest absolute Gasteiger partial charge is 0.508 e. The van der Waals surface area contributed by atoms with Crippen molar-refractivity contribution in [1.29, 1.82) is 0 Å². The molecule has 1 aliphatic heterocycles. The van der Waals surface area contributed by atoms with Crippen LogP contribution >= 0.6 is 0 Å². The molecule has 1 aromatic heterocycles. The predicted molar refractivity (Wildman–Crippen MR) is 149 cm³/mol. The lowest BCUT2D eigenvalue weighted by molar-refractivity contribution is -0.137. The number of fused-ring (bicyclic) bond motifs is 1. The van der Waals surface area contributed by atoms with Gasteiger partial charge < -0.3 is 19.9 Å². The molecular weight excluding hydrogens is 504 g/mol. The maximum atomic E-state index is 12.4. The van der Waals surface area contributed by atoms with E-state index >= 15 is 0 Å². The number of carbonyl (C=O) groups excluding carboxylic acids is 3. The van der Waals surface area contributed by atoms with E-state index in [0.29, 0.717) is 32.5 Å². The van der Waals surface area contributed by atoms with Gasteiger partial charge in [0, 0.05) is 62.5 Å². The van der Waals surface area contributed by atoms with Gasteiger partial charge in [-0.05, 0) is 63.4 Å². The Morgan fingerprint density at radius 1 is 1.00 bits per heavy atom. The van der Waals surface area contributed by atoms with Crippen molar-refractivity contribution in [1.82, 2.24) is 19.7 Å². The fraction of sp³-hybridized carbons (Fsp3) is 0.536. The molecule has 3 rings (SSSR count). The highest BCUT2D eigenvalue weighted by molar-refractivity contribution is 7.84. The van der Waals surface area contributed by atoms with Crippen molar-refractivity contribution < 1.29 is 23.7 Å². The van der Waals surface area contributed by atoms with Gasteiger partial charge in [0.25, 0.3) is 11.8 Å². The minimum Gasteiger partial charge on any atom is -0.508 e. The number of benzene rings is 1. The second-order valence-corrected chi connectivity index (χ2v) is 11.3. The first-order valence-corrected chi connectivity index (χ1v) is 14.8. The second-order valence-electron chi connectivity index (χ2n) is 9.96. The molecule has 0 fully saturated rings. The lowest BCUT2D eigenvalue weighted by atomic mass is 10.1. The number of phenolic OH excluding ortho intramolecular Hbond substituents is 1. The van der Waals surface area contributed by atoms with E-state index in [-0.39, 0.29) is 23.5 Å². The third-order valence-corrected chi connectivity index (χ3v) is 8.00. The van der Waals surface area contributed by atoms with E-state index in [9.17, 15) is 23.7 Å². The van der Waals surface area contributed by atoms with Crippen LogP contribution in [0.3, 0.4) is 0 Å². The number of hydrogen-bond acceptors (Lipinski definition) is 6. The van der Waals surface area contributed by atoms with Gasteiger partial charge in [-0.2, -0.15) is 0 Å². The normalized spacial score (nSPS) is 14.3. The molecule has 3 amide bonds. The van der Waals surface area contributed by atoms with Crippen LogP contribution in [0.25, 0.3) is 10.9 Å². The number of nitrogens with zero attached hydrogens (tertiary/aromatic N) is 3. The Morgan fingerprint density at radius 2 is 1.68 bits per heavy atom. The third kappa shape index (κ3) is 7.32. The van der Waals surface area contributed by atoms with Gasteiger partial charge in [0.2, 0.25) is 5.91 Å². The molecule has 0 radical (unpaired) electrons. The molecule has 1 aliphatic rings. The smallest absolute Gasteiger partial charge is 0.253 e. The van der Waals surface area contributed by atoms with Crippen molar-refractivity contribution in [3.8, 4) is 5.75 Å². The zero-order valence-electron chi connectivity index (χ0n) is 22.9. The number of H-pyrrole nitrogens is 1. The molecule has 38 heavy (non-hydrogen) atoms. The minimum absolute atomic E-state index is 0.104. The number of amides is 3. The highest BCUT2D eigenvalue weighted by atomic mass is 32.2. The first-order valence-electron chi connectivity index (χ1n) is 13.3.